The van der Waals surface area contributed by atoms with Crippen molar-refractivity contribution in [3.05, 3.63) is 48.8 Å². The molecule has 1 aliphatic rings. The number of alkyl halides is 3. The first-order valence-electron chi connectivity index (χ1n) is 10.0. The Hall–Kier alpha value is -3.63. The zero-order chi connectivity index (χ0) is 22.9. The summed E-state index contributed by atoms with van der Waals surface area (Å²) in [6, 6.07) is 5.45. The maximum Gasteiger partial charge on any atom is 0.419 e. The van der Waals surface area contributed by atoms with Gasteiger partial charge in [0.25, 0.3) is 0 Å². The number of benzene rings is 1. The second kappa shape index (κ2) is 8.48. The van der Waals surface area contributed by atoms with E-state index in [0.29, 0.717) is 12.2 Å². The molecule has 4 rings (SSSR count). The quantitative estimate of drug-likeness (QED) is 0.584. The van der Waals surface area contributed by atoms with Gasteiger partial charge in [0, 0.05) is 44.3 Å². The first-order chi connectivity index (χ1) is 15.2. The number of piperidine rings is 1. The number of carbonyl (C=O) groups is 1. The van der Waals surface area contributed by atoms with Crippen LogP contribution in [0.15, 0.2) is 43.2 Å². The largest absolute Gasteiger partial charge is 0.419 e. The van der Waals surface area contributed by atoms with E-state index in [1.165, 1.54) is 6.08 Å². The molecule has 2 N–H and O–H groups in total. The zero-order valence-electron chi connectivity index (χ0n) is 17.4. The number of halogens is 3. The predicted molar refractivity (Wildman–Crippen MR) is 115 cm³/mol. The molecule has 2 aromatic heterocycles. The average molecular weight is 445 g/mol. The van der Waals surface area contributed by atoms with Crippen molar-refractivity contribution >= 4 is 34.5 Å². The van der Waals surface area contributed by atoms with Crippen LogP contribution >= 0.6 is 0 Å². The minimum Gasteiger partial charge on any atom is -0.350 e. The minimum atomic E-state index is -4.46. The smallest absolute Gasteiger partial charge is 0.350 e. The molecule has 1 amide bonds. The van der Waals surface area contributed by atoms with Gasteiger partial charge in [0.05, 0.1) is 16.6 Å². The van der Waals surface area contributed by atoms with Gasteiger partial charge < -0.3 is 20.1 Å². The number of aryl methyl sites for hydroxylation is 1. The lowest BCUT2D eigenvalue weighted by atomic mass is 10.1. The molecule has 1 saturated heterocycles. The molecular weight excluding hydrogens is 423 g/mol. The third-order valence-corrected chi connectivity index (χ3v) is 5.33. The molecular formula is C21H22F3N7O. The topological polar surface area (TPSA) is 88.0 Å². The van der Waals surface area contributed by atoms with Crippen molar-refractivity contribution in [1.82, 2.24) is 19.5 Å². The van der Waals surface area contributed by atoms with Gasteiger partial charge in [-0.3, -0.25) is 4.79 Å². The fourth-order valence-corrected chi connectivity index (χ4v) is 3.75. The van der Waals surface area contributed by atoms with Crippen LogP contribution in [0.3, 0.4) is 0 Å². The van der Waals surface area contributed by atoms with Crippen LogP contribution in [-0.2, 0) is 18.0 Å². The van der Waals surface area contributed by atoms with Gasteiger partial charge in [-0.1, -0.05) is 6.58 Å². The van der Waals surface area contributed by atoms with Crippen molar-refractivity contribution in [2.24, 2.45) is 7.05 Å². The van der Waals surface area contributed by atoms with E-state index in [0.717, 1.165) is 48.8 Å². The number of amides is 1. The number of nitrogens with zero attached hydrogens (tertiary/aromatic N) is 5. The van der Waals surface area contributed by atoms with Gasteiger partial charge in [-0.25, -0.2) is 15.0 Å². The number of hydrogen-bond donors (Lipinski definition) is 2. The standard InChI is InChI=1S/C21H22F3N7O/c1-3-18(32)27-14-6-7-17-16(9-14)29-20(30(17)2)31-8-4-5-15(12-31)28-19-25-10-13(11-26-19)21(22,23)24/h3,6-7,9-11,15H,1,4-5,8,12H2,2H3,(H,27,32)(H,25,26,28). The van der Waals surface area contributed by atoms with Gasteiger partial charge in [0.15, 0.2) is 0 Å². The third-order valence-electron chi connectivity index (χ3n) is 5.33. The lowest BCUT2D eigenvalue weighted by Crippen LogP contribution is -2.43. The first-order valence-corrected chi connectivity index (χ1v) is 10.0. The average Bonchev–Trinajstić information content (AvgIpc) is 3.09. The zero-order valence-corrected chi connectivity index (χ0v) is 17.4. The summed E-state index contributed by atoms with van der Waals surface area (Å²) in [6.45, 7) is 4.84. The Morgan fingerprint density at radius 3 is 2.72 bits per heavy atom. The maximum atomic E-state index is 12.7. The normalized spacial score (nSPS) is 16.8. The molecule has 0 radical (unpaired) electrons. The molecule has 32 heavy (non-hydrogen) atoms. The Morgan fingerprint density at radius 1 is 1.28 bits per heavy atom. The lowest BCUT2D eigenvalue weighted by molar-refractivity contribution is -0.138. The van der Waals surface area contributed by atoms with Gasteiger partial charge in [0.2, 0.25) is 17.8 Å². The van der Waals surface area contributed by atoms with Gasteiger partial charge in [0.1, 0.15) is 0 Å². The van der Waals surface area contributed by atoms with Crippen LogP contribution in [0.4, 0.5) is 30.8 Å². The Kier molecular flexibility index (Phi) is 5.72. The first kappa shape index (κ1) is 21.6. The molecule has 3 aromatic rings. The third kappa shape index (κ3) is 4.51. The van der Waals surface area contributed by atoms with Crippen LogP contribution in [0.5, 0.6) is 0 Å². The Balaban J connectivity index is 1.49. The molecule has 0 saturated carbocycles. The fraction of sp³-hybridized carbons (Fsp3) is 0.333. The summed E-state index contributed by atoms with van der Waals surface area (Å²) in [5, 5.41) is 5.85. The molecule has 1 aromatic carbocycles. The van der Waals surface area contributed by atoms with Crippen molar-refractivity contribution in [2.45, 2.75) is 25.1 Å². The van der Waals surface area contributed by atoms with Gasteiger partial charge in [-0.15, -0.1) is 0 Å². The van der Waals surface area contributed by atoms with E-state index < -0.39 is 11.7 Å². The highest BCUT2D eigenvalue weighted by atomic mass is 19.4. The van der Waals surface area contributed by atoms with E-state index in [1.807, 2.05) is 17.7 Å². The second-order valence-corrected chi connectivity index (χ2v) is 7.59. The van der Waals surface area contributed by atoms with Crippen LogP contribution < -0.4 is 15.5 Å². The van der Waals surface area contributed by atoms with Crippen molar-refractivity contribution in [1.29, 1.82) is 0 Å². The second-order valence-electron chi connectivity index (χ2n) is 7.59. The Bertz CT molecular complexity index is 1140. The summed E-state index contributed by atoms with van der Waals surface area (Å²) in [6.07, 6.45) is 0.0169. The number of aromatic nitrogens is 4. The number of imidazole rings is 1. The molecule has 1 atom stereocenters. The van der Waals surface area contributed by atoms with E-state index in [2.05, 4.69) is 32.1 Å². The van der Waals surface area contributed by atoms with Crippen LogP contribution in [0.2, 0.25) is 0 Å². The van der Waals surface area contributed by atoms with Crippen LogP contribution in [-0.4, -0.2) is 44.6 Å². The highest BCUT2D eigenvalue weighted by Crippen LogP contribution is 2.29. The molecule has 1 fully saturated rings. The van der Waals surface area contributed by atoms with E-state index in [4.69, 9.17) is 4.98 Å². The molecule has 1 aliphatic heterocycles. The molecule has 1 unspecified atom stereocenters. The SMILES string of the molecule is C=CC(=O)Nc1ccc2c(c1)nc(N1CCCC(Nc3ncc(C(F)(F)F)cn3)C1)n2C. The summed E-state index contributed by atoms with van der Waals surface area (Å²) in [5.74, 6) is 0.639. The van der Waals surface area contributed by atoms with Gasteiger partial charge in [-0.2, -0.15) is 13.2 Å². The van der Waals surface area contributed by atoms with E-state index >= 15 is 0 Å². The lowest BCUT2D eigenvalue weighted by Gasteiger charge is -2.33. The molecule has 11 heteroatoms. The fourth-order valence-electron chi connectivity index (χ4n) is 3.75. The predicted octanol–water partition coefficient (Wildman–Crippen LogP) is 3.59. The summed E-state index contributed by atoms with van der Waals surface area (Å²) >= 11 is 0. The van der Waals surface area contributed by atoms with Gasteiger partial charge in [-0.05, 0) is 37.1 Å². The van der Waals surface area contributed by atoms with Crippen LogP contribution in [0.1, 0.15) is 18.4 Å². The van der Waals surface area contributed by atoms with E-state index in [9.17, 15) is 18.0 Å². The van der Waals surface area contributed by atoms with Crippen molar-refractivity contribution in [3.8, 4) is 0 Å². The highest BCUT2D eigenvalue weighted by Gasteiger charge is 2.31. The Morgan fingerprint density at radius 2 is 2.03 bits per heavy atom. The molecule has 8 nitrogen and oxygen atoms in total. The number of nitrogens with one attached hydrogen (secondary N) is 2. The number of anilines is 3. The van der Waals surface area contributed by atoms with E-state index in [1.54, 1.807) is 12.1 Å². The van der Waals surface area contributed by atoms with Crippen molar-refractivity contribution in [3.63, 3.8) is 0 Å². The summed E-state index contributed by atoms with van der Waals surface area (Å²) in [7, 11) is 1.92. The molecule has 3 heterocycles. The monoisotopic (exact) mass is 445 g/mol. The molecule has 0 spiro atoms. The number of hydrogen-bond acceptors (Lipinski definition) is 6. The van der Waals surface area contributed by atoms with Gasteiger partial charge >= 0.3 is 6.18 Å². The van der Waals surface area contributed by atoms with Crippen LogP contribution in [0.25, 0.3) is 11.0 Å². The van der Waals surface area contributed by atoms with Crippen LogP contribution in [0, 0.1) is 0 Å². The summed E-state index contributed by atoms with van der Waals surface area (Å²) < 4.78 is 40.1. The highest BCUT2D eigenvalue weighted by molar-refractivity contribution is 6.00. The number of carbonyl (C=O) groups excluding carboxylic acids is 1. The number of rotatable bonds is 5. The molecule has 0 aliphatic carbocycles. The molecule has 168 valence electrons. The van der Waals surface area contributed by atoms with E-state index in [-0.39, 0.29) is 17.9 Å². The molecule has 0 bridgehead atoms. The number of fused-ring (bicyclic) bond motifs is 1. The maximum absolute atomic E-state index is 12.7. The summed E-state index contributed by atoms with van der Waals surface area (Å²) in [5.41, 5.74) is 1.41. The van der Waals surface area contributed by atoms with Crippen molar-refractivity contribution in [2.75, 3.05) is 28.6 Å². The Labute approximate surface area is 182 Å². The summed E-state index contributed by atoms with van der Waals surface area (Å²) in [4.78, 5) is 26.0. The van der Waals surface area contributed by atoms with Crippen molar-refractivity contribution < 1.29 is 18.0 Å². The minimum absolute atomic E-state index is 0.0391.